The summed E-state index contributed by atoms with van der Waals surface area (Å²) >= 11 is 1.59. The maximum absolute atomic E-state index is 12.1. The first-order valence-corrected chi connectivity index (χ1v) is 8.43. The Bertz CT molecular complexity index is 673. The smallest absolute Gasteiger partial charge is 0.234 e. The van der Waals surface area contributed by atoms with Crippen LogP contribution in [0.2, 0.25) is 0 Å². The fraction of sp³-hybridized carbons (Fsp3) is 0.278. The Balaban J connectivity index is 1.91. The van der Waals surface area contributed by atoms with Crippen molar-refractivity contribution in [3.8, 4) is 11.5 Å². The number of carbonyl (C=O) groups excluding carboxylic acids is 1. The van der Waals surface area contributed by atoms with Crippen LogP contribution in [0.25, 0.3) is 0 Å². The fourth-order valence-electron chi connectivity index (χ4n) is 2.12. The summed E-state index contributed by atoms with van der Waals surface area (Å²) in [5, 5.41) is 2.87. The molecule has 0 aromatic heterocycles. The average molecular weight is 331 g/mol. The molecule has 0 radical (unpaired) electrons. The zero-order chi connectivity index (χ0) is 16.7. The molecule has 0 aliphatic carbocycles. The van der Waals surface area contributed by atoms with Gasteiger partial charge >= 0.3 is 0 Å². The summed E-state index contributed by atoms with van der Waals surface area (Å²) in [6, 6.07) is 13.5. The van der Waals surface area contributed by atoms with E-state index >= 15 is 0 Å². The van der Waals surface area contributed by atoms with Gasteiger partial charge in [0.1, 0.15) is 11.5 Å². The van der Waals surface area contributed by atoms with Gasteiger partial charge in [-0.05, 0) is 30.2 Å². The van der Waals surface area contributed by atoms with E-state index in [0.29, 0.717) is 22.9 Å². The number of hydrogen-bond acceptors (Lipinski definition) is 4. The van der Waals surface area contributed by atoms with E-state index in [1.807, 2.05) is 12.1 Å². The van der Waals surface area contributed by atoms with E-state index in [1.54, 1.807) is 44.2 Å². The number of methoxy groups -OCH3 is 2. The Morgan fingerprint density at radius 2 is 1.91 bits per heavy atom. The Morgan fingerprint density at radius 3 is 2.61 bits per heavy atom. The van der Waals surface area contributed by atoms with Crippen molar-refractivity contribution in [2.75, 3.05) is 25.3 Å². The standard InChI is InChI=1S/C18H21NO3S/c1-13-6-4-5-7-14(13)11-23-12-18(20)19-16-10-15(21-2)8-9-17(16)22-3/h4-10H,11-12H2,1-3H3,(H,19,20). The van der Waals surface area contributed by atoms with E-state index in [1.165, 1.54) is 11.1 Å². The maximum atomic E-state index is 12.1. The fourth-order valence-corrected chi connectivity index (χ4v) is 3.03. The van der Waals surface area contributed by atoms with E-state index < -0.39 is 0 Å². The number of amides is 1. The number of ether oxygens (including phenoxy) is 2. The number of benzene rings is 2. The minimum absolute atomic E-state index is 0.0601. The zero-order valence-electron chi connectivity index (χ0n) is 13.6. The Morgan fingerprint density at radius 1 is 1.13 bits per heavy atom. The summed E-state index contributed by atoms with van der Waals surface area (Å²) in [5.41, 5.74) is 3.12. The van der Waals surface area contributed by atoms with Gasteiger partial charge in [-0.1, -0.05) is 24.3 Å². The normalized spacial score (nSPS) is 10.2. The first kappa shape index (κ1) is 17.2. The van der Waals surface area contributed by atoms with Crippen LogP contribution in [0.5, 0.6) is 11.5 Å². The van der Waals surface area contributed by atoms with Gasteiger partial charge in [0.15, 0.2) is 0 Å². The predicted molar refractivity (Wildman–Crippen MR) is 95.5 cm³/mol. The number of nitrogens with one attached hydrogen (secondary N) is 1. The van der Waals surface area contributed by atoms with Gasteiger partial charge in [0, 0.05) is 11.8 Å². The quantitative estimate of drug-likeness (QED) is 0.836. The maximum Gasteiger partial charge on any atom is 0.234 e. The van der Waals surface area contributed by atoms with E-state index in [0.717, 1.165) is 5.75 Å². The van der Waals surface area contributed by atoms with Crippen molar-refractivity contribution < 1.29 is 14.3 Å². The molecule has 0 saturated carbocycles. The second-order valence-corrected chi connectivity index (χ2v) is 6.02. The first-order chi connectivity index (χ1) is 11.1. The molecular formula is C18H21NO3S. The molecule has 122 valence electrons. The van der Waals surface area contributed by atoms with Crippen LogP contribution in [-0.2, 0) is 10.5 Å². The zero-order valence-corrected chi connectivity index (χ0v) is 14.4. The lowest BCUT2D eigenvalue weighted by molar-refractivity contribution is -0.113. The second-order valence-electron chi connectivity index (χ2n) is 5.03. The first-order valence-electron chi connectivity index (χ1n) is 7.28. The van der Waals surface area contributed by atoms with Gasteiger partial charge < -0.3 is 14.8 Å². The molecule has 2 aromatic rings. The van der Waals surface area contributed by atoms with E-state index in [4.69, 9.17) is 9.47 Å². The number of rotatable bonds is 7. The number of aryl methyl sites for hydroxylation is 1. The van der Waals surface area contributed by atoms with Gasteiger partial charge in [-0.2, -0.15) is 0 Å². The molecular weight excluding hydrogens is 310 g/mol. The lowest BCUT2D eigenvalue weighted by atomic mass is 10.1. The van der Waals surface area contributed by atoms with Gasteiger partial charge in [-0.25, -0.2) is 0 Å². The number of anilines is 1. The molecule has 0 saturated heterocycles. The molecule has 0 aliphatic rings. The topological polar surface area (TPSA) is 47.6 Å². The summed E-state index contributed by atoms with van der Waals surface area (Å²) in [7, 11) is 3.16. The molecule has 0 aliphatic heterocycles. The highest BCUT2D eigenvalue weighted by molar-refractivity contribution is 7.99. The highest BCUT2D eigenvalue weighted by atomic mass is 32.2. The Labute approximate surface area is 141 Å². The van der Waals surface area contributed by atoms with Crippen LogP contribution in [0.1, 0.15) is 11.1 Å². The van der Waals surface area contributed by atoms with Crippen LogP contribution in [0, 0.1) is 6.92 Å². The molecule has 0 bridgehead atoms. The van der Waals surface area contributed by atoms with Crippen molar-refractivity contribution in [2.24, 2.45) is 0 Å². The Hall–Kier alpha value is -2.14. The summed E-state index contributed by atoms with van der Waals surface area (Å²) in [6.07, 6.45) is 0. The summed E-state index contributed by atoms with van der Waals surface area (Å²) in [6.45, 7) is 2.08. The van der Waals surface area contributed by atoms with E-state index in [2.05, 4.69) is 24.4 Å². The van der Waals surface area contributed by atoms with Gasteiger partial charge in [0.2, 0.25) is 5.91 Å². The van der Waals surface area contributed by atoms with Crippen LogP contribution < -0.4 is 14.8 Å². The molecule has 1 amide bonds. The third kappa shape index (κ3) is 4.93. The van der Waals surface area contributed by atoms with Gasteiger partial charge in [0.05, 0.1) is 25.7 Å². The number of thioether (sulfide) groups is 1. The van der Waals surface area contributed by atoms with Gasteiger partial charge in [-0.3, -0.25) is 4.79 Å². The van der Waals surface area contributed by atoms with E-state index in [9.17, 15) is 4.79 Å². The van der Waals surface area contributed by atoms with E-state index in [-0.39, 0.29) is 5.91 Å². The Kier molecular flexibility index (Phi) is 6.35. The van der Waals surface area contributed by atoms with Crippen LogP contribution in [0.15, 0.2) is 42.5 Å². The minimum atomic E-state index is -0.0601. The molecule has 0 fully saturated rings. The summed E-state index contributed by atoms with van der Waals surface area (Å²) < 4.78 is 10.4. The molecule has 1 N–H and O–H groups in total. The molecule has 5 heteroatoms. The molecule has 2 aromatic carbocycles. The van der Waals surface area contributed by atoms with Crippen molar-refractivity contribution in [1.82, 2.24) is 0 Å². The number of hydrogen-bond donors (Lipinski definition) is 1. The third-order valence-corrected chi connectivity index (χ3v) is 4.41. The highest BCUT2D eigenvalue weighted by Crippen LogP contribution is 2.29. The third-order valence-electron chi connectivity index (χ3n) is 3.43. The molecule has 0 spiro atoms. The monoisotopic (exact) mass is 331 g/mol. The molecule has 2 rings (SSSR count). The lowest BCUT2D eigenvalue weighted by Crippen LogP contribution is -2.15. The molecule has 0 unspecified atom stereocenters. The summed E-state index contributed by atoms with van der Waals surface area (Å²) in [5.74, 6) is 2.43. The molecule has 4 nitrogen and oxygen atoms in total. The summed E-state index contributed by atoms with van der Waals surface area (Å²) in [4.78, 5) is 12.1. The van der Waals surface area contributed by atoms with Crippen LogP contribution in [0.3, 0.4) is 0 Å². The van der Waals surface area contributed by atoms with Crippen LogP contribution in [-0.4, -0.2) is 25.9 Å². The lowest BCUT2D eigenvalue weighted by Gasteiger charge is -2.12. The molecule has 0 atom stereocenters. The second kappa shape index (κ2) is 8.48. The highest BCUT2D eigenvalue weighted by Gasteiger charge is 2.09. The van der Waals surface area contributed by atoms with Gasteiger partial charge in [-0.15, -0.1) is 11.8 Å². The van der Waals surface area contributed by atoms with Crippen LogP contribution in [0.4, 0.5) is 5.69 Å². The van der Waals surface area contributed by atoms with Gasteiger partial charge in [0.25, 0.3) is 0 Å². The number of carbonyl (C=O) groups is 1. The van der Waals surface area contributed by atoms with Crippen molar-refractivity contribution in [3.05, 3.63) is 53.6 Å². The average Bonchev–Trinajstić information content (AvgIpc) is 2.56. The largest absolute Gasteiger partial charge is 0.497 e. The molecule has 0 heterocycles. The molecule has 23 heavy (non-hydrogen) atoms. The van der Waals surface area contributed by atoms with Crippen molar-refractivity contribution >= 4 is 23.4 Å². The van der Waals surface area contributed by atoms with Crippen molar-refractivity contribution in [2.45, 2.75) is 12.7 Å². The van der Waals surface area contributed by atoms with Crippen molar-refractivity contribution in [3.63, 3.8) is 0 Å². The predicted octanol–water partition coefficient (Wildman–Crippen LogP) is 3.88. The minimum Gasteiger partial charge on any atom is -0.497 e. The van der Waals surface area contributed by atoms with Crippen molar-refractivity contribution in [1.29, 1.82) is 0 Å². The van der Waals surface area contributed by atoms with Crippen LogP contribution >= 0.6 is 11.8 Å². The SMILES string of the molecule is COc1ccc(OC)c(NC(=O)CSCc2ccccc2C)c1.